The van der Waals surface area contributed by atoms with Crippen molar-refractivity contribution in [2.75, 3.05) is 24.7 Å². The molecule has 2 aliphatic rings. The van der Waals surface area contributed by atoms with E-state index in [0.717, 1.165) is 13.0 Å². The van der Waals surface area contributed by atoms with Gasteiger partial charge in [0.05, 0.1) is 24.2 Å². The van der Waals surface area contributed by atoms with Crippen molar-refractivity contribution in [1.82, 2.24) is 5.32 Å². The summed E-state index contributed by atoms with van der Waals surface area (Å²) >= 11 is 0. The zero-order valence-corrected chi connectivity index (χ0v) is 10.5. The Morgan fingerprint density at radius 2 is 1.94 bits per heavy atom. The van der Waals surface area contributed by atoms with E-state index in [4.69, 9.17) is 4.74 Å². The number of ether oxygens (including phenoxy) is 1. The van der Waals surface area contributed by atoms with Gasteiger partial charge in [0.1, 0.15) is 0 Å². The molecule has 0 aromatic heterocycles. The lowest BCUT2D eigenvalue weighted by Gasteiger charge is -2.13. The maximum absolute atomic E-state index is 11.2. The van der Waals surface area contributed by atoms with E-state index in [2.05, 4.69) is 5.32 Å². The molecular weight excluding hydrogens is 226 g/mol. The first-order chi connectivity index (χ1) is 7.66. The van der Waals surface area contributed by atoms with E-state index < -0.39 is 9.84 Å². The average molecular weight is 247 g/mol. The standard InChI is InChI=1S/C11H21NO3S/c13-16(14)8-5-10(9-16)12-6-7-15-11-3-1-2-4-11/h10-12H,1-9H2. The molecule has 4 nitrogen and oxygen atoms in total. The lowest BCUT2D eigenvalue weighted by Crippen LogP contribution is -2.33. The molecule has 0 bridgehead atoms. The van der Waals surface area contributed by atoms with Crippen LogP contribution in [0.5, 0.6) is 0 Å². The minimum atomic E-state index is -2.75. The second kappa shape index (κ2) is 5.47. The highest BCUT2D eigenvalue weighted by Crippen LogP contribution is 2.20. The smallest absolute Gasteiger partial charge is 0.151 e. The zero-order chi connectivity index (χ0) is 11.4. The van der Waals surface area contributed by atoms with Crippen molar-refractivity contribution in [3.05, 3.63) is 0 Å². The predicted molar refractivity (Wildman–Crippen MR) is 63.3 cm³/mol. The molecule has 1 N–H and O–H groups in total. The summed E-state index contributed by atoms with van der Waals surface area (Å²) in [4.78, 5) is 0. The molecule has 2 rings (SSSR count). The molecular formula is C11H21NO3S. The molecule has 0 radical (unpaired) electrons. The van der Waals surface area contributed by atoms with Crippen LogP contribution in [0.3, 0.4) is 0 Å². The minimum Gasteiger partial charge on any atom is -0.377 e. The highest BCUT2D eigenvalue weighted by Gasteiger charge is 2.27. The molecule has 1 aliphatic carbocycles. The molecule has 0 aromatic rings. The fourth-order valence-electron chi connectivity index (χ4n) is 2.50. The van der Waals surface area contributed by atoms with Crippen molar-refractivity contribution in [3.63, 3.8) is 0 Å². The van der Waals surface area contributed by atoms with Gasteiger partial charge in [-0.2, -0.15) is 0 Å². The Labute approximate surface area is 97.7 Å². The molecule has 1 unspecified atom stereocenters. The van der Waals surface area contributed by atoms with Crippen LogP contribution >= 0.6 is 0 Å². The van der Waals surface area contributed by atoms with Gasteiger partial charge in [0, 0.05) is 12.6 Å². The summed E-state index contributed by atoms with van der Waals surface area (Å²) in [5.41, 5.74) is 0. The largest absolute Gasteiger partial charge is 0.377 e. The number of hydrogen-bond donors (Lipinski definition) is 1. The van der Waals surface area contributed by atoms with Gasteiger partial charge in [0.2, 0.25) is 0 Å². The van der Waals surface area contributed by atoms with Crippen molar-refractivity contribution in [2.24, 2.45) is 0 Å². The maximum atomic E-state index is 11.2. The highest BCUT2D eigenvalue weighted by atomic mass is 32.2. The fourth-order valence-corrected chi connectivity index (χ4v) is 4.21. The average Bonchev–Trinajstić information content (AvgIpc) is 2.82. The summed E-state index contributed by atoms with van der Waals surface area (Å²) in [6.45, 7) is 1.48. The van der Waals surface area contributed by atoms with Crippen molar-refractivity contribution in [2.45, 2.75) is 44.2 Å². The molecule has 16 heavy (non-hydrogen) atoms. The summed E-state index contributed by atoms with van der Waals surface area (Å²) < 4.78 is 28.1. The topological polar surface area (TPSA) is 55.4 Å². The number of sulfone groups is 1. The molecule has 1 saturated carbocycles. The fraction of sp³-hybridized carbons (Fsp3) is 1.00. The van der Waals surface area contributed by atoms with Gasteiger partial charge in [-0.25, -0.2) is 8.42 Å². The predicted octanol–water partition coefficient (Wildman–Crippen LogP) is 0.722. The van der Waals surface area contributed by atoms with Crippen LogP contribution in [0.15, 0.2) is 0 Å². The van der Waals surface area contributed by atoms with E-state index in [1.54, 1.807) is 0 Å². The van der Waals surface area contributed by atoms with Gasteiger partial charge >= 0.3 is 0 Å². The van der Waals surface area contributed by atoms with Crippen molar-refractivity contribution < 1.29 is 13.2 Å². The molecule has 5 heteroatoms. The van der Waals surface area contributed by atoms with Gasteiger partial charge in [-0.3, -0.25) is 0 Å². The second-order valence-corrected chi connectivity index (χ2v) is 7.06. The zero-order valence-electron chi connectivity index (χ0n) is 9.65. The SMILES string of the molecule is O=S1(=O)CCC(NCCOC2CCCC2)C1. The molecule has 94 valence electrons. The Hall–Kier alpha value is -0.130. The van der Waals surface area contributed by atoms with Crippen LogP contribution in [0.4, 0.5) is 0 Å². The van der Waals surface area contributed by atoms with Crippen LogP contribution in [0.1, 0.15) is 32.1 Å². The molecule has 2 fully saturated rings. The molecule has 0 amide bonds. The van der Waals surface area contributed by atoms with Crippen molar-refractivity contribution in [3.8, 4) is 0 Å². The van der Waals surface area contributed by atoms with Gasteiger partial charge < -0.3 is 10.1 Å². The Morgan fingerprint density at radius 1 is 1.19 bits per heavy atom. The summed E-state index contributed by atoms with van der Waals surface area (Å²) in [7, 11) is -2.75. The van der Waals surface area contributed by atoms with E-state index in [1.807, 2.05) is 0 Å². The van der Waals surface area contributed by atoms with Crippen molar-refractivity contribution >= 4 is 9.84 Å². The van der Waals surface area contributed by atoms with Gasteiger partial charge in [-0.15, -0.1) is 0 Å². The first kappa shape index (κ1) is 12.3. The van der Waals surface area contributed by atoms with Crippen LogP contribution < -0.4 is 5.32 Å². The third kappa shape index (κ3) is 3.71. The molecule has 0 spiro atoms. The Balaban J connectivity index is 1.55. The molecule has 0 aromatic carbocycles. The van der Waals surface area contributed by atoms with E-state index in [9.17, 15) is 8.42 Å². The van der Waals surface area contributed by atoms with Crippen LogP contribution in [0, 0.1) is 0 Å². The Morgan fingerprint density at radius 3 is 2.56 bits per heavy atom. The Kier molecular flexibility index (Phi) is 4.21. The number of nitrogens with one attached hydrogen (secondary N) is 1. The molecule has 1 atom stereocenters. The monoisotopic (exact) mass is 247 g/mol. The lowest BCUT2D eigenvalue weighted by molar-refractivity contribution is 0.0594. The summed E-state index contributed by atoms with van der Waals surface area (Å²) in [5, 5.41) is 3.26. The van der Waals surface area contributed by atoms with Crippen LogP contribution in [0.2, 0.25) is 0 Å². The number of hydrogen-bond acceptors (Lipinski definition) is 4. The van der Waals surface area contributed by atoms with Gasteiger partial charge in [0.15, 0.2) is 9.84 Å². The molecule has 1 heterocycles. The number of rotatable bonds is 5. The highest BCUT2D eigenvalue weighted by molar-refractivity contribution is 7.91. The first-order valence-electron chi connectivity index (χ1n) is 6.21. The maximum Gasteiger partial charge on any atom is 0.151 e. The summed E-state index contributed by atoms with van der Waals surface area (Å²) in [6, 6.07) is 0.150. The van der Waals surface area contributed by atoms with Crippen LogP contribution in [-0.2, 0) is 14.6 Å². The van der Waals surface area contributed by atoms with E-state index >= 15 is 0 Å². The summed E-state index contributed by atoms with van der Waals surface area (Å²) in [6.07, 6.45) is 6.17. The first-order valence-corrected chi connectivity index (χ1v) is 8.03. The van der Waals surface area contributed by atoms with Crippen LogP contribution in [-0.4, -0.2) is 45.2 Å². The molecule has 1 aliphatic heterocycles. The third-order valence-corrected chi connectivity index (χ3v) is 5.19. The van der Waals surface area contributed by atoms with Crippen molar-refractivity contribution in [1.29, 1.82) is 0 Å². The quantitative estimate of drug-likeness (QED) is 0.727. The van der Waals surface area contributed by atoms with E-state index in [1.165, 1.54) is 25.7 Å². The lowest BCUT2D eigenvalue weighted by atomic mass is 10.2. The third-order valence-electron chi connectivity index (χ3n) is 3.42. The van der Waals surface area contributed by atoms with Gasteiger partial charge in [-0.05, 0) is 19.3 Å². The second-order valence-electron chi connectivity index (χ2n) is 4.83. The summed E-state index contributed by atoms with van der Waals surface area (Å²) in [5.74, 6) is 0.643. The minimum absolute atomic E-state index is 0.150. The van der Waals surface area contributed by atoms with E-state index in [-0.39, 0.29) is 6.04 Å². The van der Waals surface area contributed by atoms with Crippen LogP contribution in [0.25, 0.3) is 0 Å². The van der Waals surface area contributed by atoms with E-state index in [0.29, 0.717) is 24.2 Å². The Bertz CT molecular complexity index is 309. The van der Waals surface area contributed by atoms with Gasteiger partial charge in [-0.1, -0.05) is 12.8 Å². The van der Waals surface area contributed by atoms with Gasteiger partial charge in [0.25, 0.3) is 0 Å². The normalized spacial score (nSPS) is 29.9. The molecule has 1 saturated heterocycles.